The van der Waals surface area contributed by atoms with Gasteiger partial charge < -0.3 is 10.0 Å². The van der Waals surface area contributed by atoms with Crippen LogP contribution in [0.25, 0.3) is 10.8 Å². The highest BCUT2D eigenvalue weighted by molar-refractivity contribution is 5.92. The predicted molar refractivity (Wildman–Crippen MR) is 127 cm³/mol. The van der Waals surface area contributed by atoms with Gasteiger partial charge in [0.15, 0.2) is 0 Å². The van der Waals surface area contributed by atoms with Crippen molar-refractivity contribution < 1.29 is 9.90 Å². The molecule has 0 radical (unpaired) electrons. The molecule has 1 aliphatic rings. The van der Waals surface area contributed by atoms with Crippen LogP contribution in [0.3, 0.4) is 0 Å². The molecule has 5 heteroatoms. The number of fused-ring (bicyclic) bond motifs is 1. The first-order valence-electron chi connectivity index (χ1n) is 11.1. The van der Waals surface area contributed by atoms with E-state index in [-0.39, 0.29) is 5.92 Å². The first-order chi connectivity index (χ1) is 15.7. The zero-order valence-electron chi connectivity index (χ0n) is 18.1. The third-order valence-corrected chi connectivity index (χ3v) is 5.75. The molecular formula is C27H27N3O2. The van der Waals surface area contributed by atoms with E-state index in [0.29, 0.717) is 6.54 Å². The summed E-state index contributed by atoms with van der Waals surface area (Å²) in [7, 11) is 0. The van der Waals surface area contributed by atoms with E-state index < -0.39 is 5.97 Å². The number of unbranched alkanes of at least 4 members (excludes halogenated alkanes) is 1. The summed E-state index contributed by atoms with van der Waals surface area (Å²) in [4.78, 5) is 13.4. The van der Waals surface area contributed by atoms with Gasteiger partial charge >= 0.3 is 5.97 Å². The Bertz CT molecular complexity index is 1170. The average molecular weight is 426 g/mol. The lowest BCUT2D eigenvalue weighted by Crippen LogP contribution is -2.39. The fourth-order valence-electron chi connectivity index (χ4n) is 4.07. The van der Waals surface area contributed by atoms with Crippen molar-refractivity contribution in [3.05, 3.63) is 72.3 Å². The van der Waals surface area contributed by atoms with E-state index in [0.717, 1.165) is 66.5 Å². The van der Waals surface area contributed by atoms with Gasteiger partial charge in [-0.3, -0.25) is 4.79 Å². The zero-order valence-corrected chi connectivity index (χ0v) is 18.1. The summed E-state index contributed by atoms with van der Waals surface area (Å²) in [6.07, 6.45) is 3.48. The minimum atomic E-state index is -0.674. The van der Waals surface area contributed by atoms with Gasteiger partial charge in [0.1, 0.15) is 0 Å². The number of nitrogens with zero attached hydrogens (tertiary/aromatic N) is 3. The molecule has 0 amide bonds. The third-order valence-electron chi connectivity index (χ3n) is 5.75. The van der Waals surface area contributed by atoms with Gasteiger partial charge in [0.05, 0.1) is 17.3 Å². The summed E-state index contributed by atoms with van der Waals surface area (Å²) in [5, 5.41) is 20.3. The second-order valence-electron chi connectivity index (χ2n) is 8.13. The molecule has 1 fully saturated rings. The van der Waals surface area contributed by atoms with Gasteiger partial charge in [-0.1, -0.05) is 54.3 Å². The van der Waals surface area contributed by atoms with Crippen LogP contribution in [0.15, 0.2) is 77.0 Å². The Labute approximate surface area is 188 Å². The van der Waals surface area contributed by atoms with Gasteiger partial charge in [0.2, 0.25) is 0 Å². The smallest absolute Gasteiger partial charge is 0.307 e. The number of carboxylic acids is 1. The zero-order chi connectivity index (χ0) is 22.2. The molecule has 0 aromatic heterocycles. The van der Waals surface area contributed by atoms with Gasteiger partial charge in [-0.05, 0) is 62.0 Å². The van der Waals surface area contributed by atoms with E-state index in [1.165, 1.54) is 0 Å². The van der Waals surface area contributed by atoms with Crippen molar-refractivity contribution in [2.45, 2.75) is 25.7 Å². The van der Waals surface area contributed by atoms with Crippen LogP contribution < -0.4 is 0 Å². The Hall–Kier alpha value is -3.49. The Kier molecular flexibility index (Phi) is 7.27. The number of hydrogen-bond donors (Lipinski definition) is 1. The van der Waals surface area contributed by atoms with E-state index in [9.17, 15) is 9.90 Å². The van der Waals surface area contributed by atoms with E-state index >= 15 is 0 Å². The molecule has 0 aliphatic carbocycles. The number of likely N-dealkylation sites (tertiary alicyclic amines) is 1. The Morgan fingerprint density at radius 2 is 1.91 bits per heavy atom. The average Bonchev–Trinajstić information content (AvgIpc) is 2.83. The number of rotatable bonds is 6. The SMILES string of the molecule is O=C(O)C1CCCN(CCCC#Cc2cccc(N=Nc3cccc4ccccc34)c2)C1. The van der Waals surface area contributed by atoms with E-state index in [2.05, 4.69) is 45.2 Å². The van der Waals surface area contributed by atoms with Crippen LogP contribution in [0.5, 0.6) is 0 Å². The van der Waals surface area contributed by atoms with Crippen molar-refractivity contribution in [1.29, 1.82) is 0 Å². The molecular weight excluding hydrogens is 398 g/mol. The predicted octanol–water partition coefficient (Wildman–Crippen LogP) is 6.18. The molecule has 3 aromatic rings. The number of carbonyl (C=O) groups is 1. The Morgan fingerprint density at radius 1 is 1.06 bits per heavy atom. The second kappa shape index (κ2) is 10.7. The molecule has 3 aromatic carbocycles. The summed E-state index contributed by atoms with van der Waals surface area (Å²) in [6.45, 7) is 2.55. The maximum atomic E-state index is 11.2. The van der Waals surface area contributed by atoms with Crippen molar-refractivity contribution in [2.75, 3.05) is 19.6 Å². The fraction of sp³-hybridized carbons (Fsp3) is 0.296. The first kappa shape index (κ1) is 21.7. The molecule has 1 heterocycles. The van der Waals surface area contributed by atoms with Gasteiger partial charge in [0.25, 0.3) is 0 Å². The van der Waals surface area contributed by atoms with Crippen LogP contribution in [0.4, 0.5) is 11.4 Å². The van der Waals surface area contributed by atoms with Crippen LogP contribution in [-0.4, -0.2) is 35.6 Å². The molecule has 0 saturated carbocycles. The maximum absolute atomic E-state index is 11.2. The summed E-state index contributed by atoms with van der Waals surface area (Å²) < 4.78 is 0. The number of benzene rings is 3. The van der Waals surface area contributed by atoms with Crippen LogP contribution in [0.2, 0.25) is 0 Å². The number of aliphatic carboxylic acids is 1. The van der Waals surface area contributed by atoms with Crippen molar-refractivity contribution in [3.63, 3.8) is 0 Å². The summed E-state index contributed by atoms with van der Waals surface area (Å²) in [5.41, 5.74) is 2.54. The normalized spacial score (nSPS) is 16.7. The Morgan fingerprint density at radius 3 is 2.81 bits per heavy atom. The largest absolute Gasteiger partial charge is 0.481 e. The third kappa shape index (κ3) is 5.81. The van der Waals surface area contributed by atoms with Gasteiger partial charge in [0, 0.05) is 23.9 Å². The quantitative estimate of drug-likeness (QED) is 0.291. The highest BCUT2D eigenvalue weighted by Crippen LogP contribution is 2.27. The molecule has 1 unspecified atom stereocenters. The van der Waals surface area contributed by atoms with Crippen molar-refractivity contribution in [3.8, 4) is 11.8 Å². The minimum Gasteiger partial charge on any atom is -0.481 e. The minimum absolute atomic E-state index is 0.222. The second-order valence-corrected chi connectivity index (χ2v) is 8.13. The number of hydrogen-bond acceptors (Lipinski definition) is 4. The van der Waals surface area contributed by atoms with E-state index in [1.54, 1.807) is 0 Å². The summed E-state index contributed by atoms with van der Waals surface area (Å²) in [5.74, 6) is 5.55. The lowest BCUT2D eigenvalue weighted by molar-refractivity contribution is -0.143. The lowest BCUT2D eigenvalue weighted by atomic mass is 9.98. The lowest BCUT2D eigenvalue weighted by Gasteiger charge is -2.30. The van der Waals surface area contributed by atoms with Crippen LogP contribution in [0.1, 0.15) is 31.2 Å². The molecule has 5 nitrogen and oxygen atoms in total. The van der Waals surface area contributed by atoms with Crippen molar-refractivity contribution >= 4 is 28.1 Å². The number of azo groups is 1. The van der Waals surface area contributed by atoms with Crippen LogP contribution in [-0.2, 0) is 4.79 Å². The highest BCUT2D eigenvalue weighted by Gasteiger charge is 2.24. The molecule has 0 spiro atoms. The van der Waals surface area contributed by atoms with Gasteiger partial charge in [-0.2, -0.15) is 5.11 Å². The van der Waals surface area contributed by atoms with Gasteiger partial charge in [-0.25, -0.2) is 0 Å². The molecule has 4 rings (SSSR count). The number of piperidine rings is 1. The molecule has 1 N–H and O–H groups in total. The molecule has 162 valence electrons. The van der Waals surface area contributed by atoms with E-state index in [1.807, 2.05) is 48.5 Å². The highest BCUT2D eigenvalue weighted by atomic mass is 16.4. The van der Waals surface area contributed by atoms with Crippen molar-refractivity contribution in [1.82, 2.24) is 4.90 Å². The van der Waals surface area contributed by atoms with Crippen LogP contribution in [0, 0.1) is 17.8 Å². The van der Waals surface area contributed by atoms with Crippen LogP contribution >= 0.6 is 0 Å². The molecule has 32 heavy (non-hydrogen) atoms. The fourth-order valence-corrected chi connectivity index (χ4v) is 4.07. The summed E-state index contributed by atoms with van der Waals surface area (Å²) >= 11 is 0. The standard InChI is InChI=1S/C27H27N3O2/c31-27(32)23-13-8-18-30(20-23)17-5-1-2-9-21-10-6-14-24(19-21)28-29-26-16-7-12-22-11-3-4-15-25(22)26/h3-4,6-7,10-12,14-16,19,23H,1,5,8,13,17-18,20H2,(H,31,32). The van der Waals surface area contributed by atoms with Gasteiger partial charge in [-0.15, -0.1) is 5.11 Å². The molecule has 1 aliphatic heterocycles. The monoisotopic (exact) mass is 425 g/mol. The molecule has 1 atom stereocenters. The first-order valence-corrected chi connectivity index (χ1v) is 11.1. The number of carboxylic acid groups (broad SMARTS) is 1. The molecule has 0 bridgehead atoms. The summed E-state index contributed by atoms with van der Waals surface area (Å²) in [6, 6.07) is 22.0. The molecule has 1 saturated heterocycles. The van der Waals surface area contributed by atoms with Crippen molar-refractivity contribution in [2.24, 2.45) is 16.1 Å². The Balaban J connectivity index is 1.32. The topological polar surface area (TPSA) is 65.3 Å². The maximum Gasteiger partial charge on any atom is 0.307 e. The van der Waals surface area contributed by atoms with E-state index in [4.69, 9.17) is 0 Å².